The molecule has 1 saturated heterocycles. The highest BCUT2D eigenvalue weighted by molar-refractivity contribution is 7.90. The van der Waals surface area contributed by atoms with Crippen molar-refractivity contribution in [2.75, 3.05) is 42.8 Å². The smallest absolute Gasteiger partial charge is 0.299 e. The van der Waals surface area contributed by atoms with Crippen molar-refractivity contribution in [3.05, 3.63) is 24.3 Å². The Bertz CT molecular complexity index is 618. The van der Waals surface area contributed by atoms with Gasteiger partial charge >= 0.3 is 0 Å². The minimum Gasteiger partial charge on any atom is -0.369 e. The summed E-state index contributed by atoms with van der Waals surface area (Å²) in [4.78, 5) is 4.65. The molecule has 1 aliphatic carbocycles. The predicted molar refractivity (Wildman–Crippen MR) is 98.7 cm³/mol. The molecule has 24 heavy (non-hydrogen) atoms. The molecule has 0 bridgehead atoms. The van der Waals surface area contributed by atoms with E-state index in [2.05, 4.69) is 26.3 Å². The lowest BCUT2D eigenvalue weighted by Gasteiger charge is -2.34. The number of rotatable bonds is 5. The highest BCUT2D eigenvalue weighted by Crippen LogP contribution is 2.21. The SMILES string of the molecule is CN1CCN(c2ccc(NS(=O)(=O)NC3CCCCC3)cc2)CC1. The van der Waals surface area contributed by atoms with E-state index in [1.807, 2.05) is 24.3 Å². The molecule has 0 unspecified atom stereocenters. The van der Waals surface area contributed by atoms with Gasteiger partial charge in [-0.05, 0) is 44.2 Å². The van der Waals surface area contributed by atoms with Crippen LogP contribution in [0.5, 0.6) is 0 Å². The molecule has 134 valence electrons. The Hall–Kier alpha value is -1.31. The van der Waals surface area contributed by atoms with Gasteiger partial charge in [0.2, 0.25) is 0 Å². The molecule has 2 aliphatic rings. The van der Waals surface area contributed by atoms with Gasteiger partial charge in [-0.1, -0.05) is 19.3 Å². The highest BCUT2D eigenvalue weighted by atomic mass is 32.2. The van der Waals surface area contributed by atoms with E-state index in [1.54, 1.807) is 0 Å². The summed E-state index contributed by atoms with van der Waals surface area (Å²) in [7, 11) is -1.37. The van der Waals surface area contributed by atoms with E-state index in [0.717, 1.165) is 57.5 Å². The van der Waals surface area contributed by atoms with Gasteiger partial charge in [-0.25, -0.2) is 0 Å². The summed E-state index contributed by atoms with van der Waals surface area (Å²) >= 11 is 0. The van der Waals surface area contributed by atoms with Gasteiger partial charge < -0.3 is 9.80 Å². The van der Waals surface area contributed by atoms with E-state index in [1.165, 1.54) is 6.42 Å². The van der Waals surface area contributed by atoms with Crippen LogP contribution in [0.4, 0.5) is 11.4 Å². The molecule has 1 heterocycles. The summed E-state index contributed by atoms with van der Waals surface area (Å²) in [5.41, 5.74) is 1.75. The Morgan fingerprint density at radius 3 is 2.21 bits per heavy atom. The summed E-state index contributed by atoms with van der Waals surface area (Å²) in [6, 6.07) is 7.73. The monoisotopic (exact) mass is 352 g/mol. The van der Waals surface area contributed by atoms with Crippen molar-refractivity contribution in [3.8, 4) is 0 Å². The number of piperazine rings is 1. The van der Waals surface area contributed by atoms with Crippen LogP contribution < -0.4 is 14.3 Å². The molecule has 0 radical (unpaired) electrons. The Balaban J connectivity index is 1.57. The van der Waals surface area contributed by atoms with Crippen LogP contribution in [0.25, 0.3) is 0 Å². The zero-order valence-electron chi connectivity index (χ0n) is 14.4. The molecular weight excluding hydrogens is 324 g/mol. The van der Waals surface area contributed by atoms with Crippen molar-refractivity contribution in [2.45, 2.75) is 38.1 Å². The van der Waals surface area contributed by atoms with Gasteiger partial charge in [-0.15, -0.1) is 0 Å². The van der Waals surface area contributed by atoms with Crippen molar-refractivity contribution >= 4 is 21.6 Å². The van der Waals surface area contributed by atoms with Gasteiger partial charge in [-0.2, -0.15) is 13.1 Å². The second-order valence-corrected chi connectivity index (χ2v) is 8.34. The molecule has 3 rings (SSSR count). The van der Waals surface area contributed by atoms with Gasteiger partial charge in [-0.3, -0.25) is 4.72 Å². The molecule has 0 aromatic heterocycles. The zero-order chi connectivity index (χ0) is 17.0. The van der Waals surface area contributed by atoms with Gasteiger partial charge in [0.15, 0.2) is 0 Å². The molecule has 0 amide bonds. The number of nitrogens with one attached hydrogen (secondary N) is 2. The minimum absolute atomic E-state index is 0.0702. The maximum Gasteiger partial charge on any atom is 0.299 e. The number of benzene rings is 1. The summed E-state index contributed by atoms with van der Waals surface area (Å²) in [5, 5.41) is 0. The summed E-state index contributed by atoms with van der Waals surface area (Å²) in [6.45, 7) is 4.12. The standard InChI is InChI=1S/C17H28N4O2S/c1-20-11-13-21(14-12-20)17-9-7-16(8-10-17)19-24(22,23)18-15-5-3-2-4-6-15/h7-10,15,18-19H,2-6,11-14H2,1H3. The predicted octanol–water partition coefficient (Wildman–Crippen LogP) is 2.02. The van der Waals surface area contributed by atoms with E-state index in [9.17, 15) is 8.42 Å². The third-order valence-corrected chi connectivity index (χ3v) is 6.06. The summed E-state index contributed by atoms with van der Waals surface area (Å²) < 4.78 is 29.9. The van der Waals surface area contributed by atoms with Crippen LogP contribution in [0.3, 0.4) is 0 Å². The Kier molecular flexibility index (Phi) is 5.63. The molecule has 0 spiro atoms. The molecule has 6 nitrogen and oxygen atoms in total. The number of likely N-dealkylation sites (N-methyl/N-ethyl adjacent to an activating group) is 1. The lowest BCUT2D eigenvalue weighted by molar-refractivity contribution is 0.313. The zero-order valence-corrected chi connectivity index (χ0v) is 15.2. The normalized spacial score (nSPS) is 21.0. The fourth-order valence-corrected chi connectivity index (χ4v) is 4.61. The first-order chi connectivity index (χ1) is 11.5. The molecule has 0 atom stereocenters. The second kappa shape index (κ2) is 7.72. The van der Waals surface area contributed by atoms with Crippen molar-refractivity contribution in [2.24, 2.45) is 0 Å². The Morgan fingerprint density at radius 1 is 0.958 bits per heavy atom. The lowest BCUT2D eigenvalue weighted by atomic mass is 9.96. The molecule has 1 saturated carbocycles. The maximum absolute atomic E-state index is 12.3. The number of hydrogen-bond donors (Lipinski definition) is 2. The fourth-order valence-electron chi connectivity index (χ4n) is 3.43. The van der Waals surface area contributed by atoms with E-state index < -0.39 is 10.2 Å². The third-order valence-electron chi connectivity index (χ3n) is 4.91. The van der Waals surface area contributed by atoms with Crippen LogP contribution in [-0.4, -0.2) is 52.6 Å². The van der Waals surface area contributed by atoms with Crippen LogP contribution >= 0.6 is 0 Å². The van der Waals surface area contributed by atoms with Gasteiger partial charge in [0, 0.05) is 43.6 Å². The van der Waals surface area contributed by atoms with Crippen LogP contribution in [0.2, 0.25) is 0 Å². The van der Waals surface area contributed by atoms with E-state index in [4.69, 9.17) is 0 Å². The molecule has 1 aromatic carbocycles. The van der Waals surface area contributed by atoms with Crippen LogP contribution in [0.15, 0.2) is 24.3 Å². The largest absolute Gasteiger partial charge is 0.369 e. The van der Waals surface area contributed by atoms with Gasteiger partial charge in [0.05, 0.1) is 0 Å². The van der Waals surface area contributed by atoms with Crippen molar-refractivity contribution in [3.63, 3.8) is 0 Å². The van der Waals surface area contributed by atoms with Crippen LogP contribution in [-0.2, 0) is 10.2 Å². The highest BCUT2D eigenvalue weighted by Gasteiger charge is 2.20. The molecule has 1 aliphatic heterocycles. The Labute approximate surface area is 145 Å². The Morgan fingerprint density at radius 2 is 1.58 bits per heavy atom. The molecule has 7 heteroatoms. The van der Waals surface area contributed by atoms with Gasteiger partial charge in [0.25, 0.3) is 10.2 Å². The molecular formula is C17H28N4O2S. The third kappa shape index (κ3) is 4.84. The fraction of sp³-hybridized carbons (Fsp3) is 0.647. The maximum atomic E-state index is 12.3. The number of anilines is 2. The molecule has 2 N–H and O–H groups in total. The average Bonchev–Trinajstić information content (AvgIpc) is 2.56. The molecule has 2 fully saturated rings. The van der Waals surface area contributed by atoms with E-state index in [0.29, 0.717) is 5.69 Å². The molecule has 1 aromatic rings. The van der Waals surface area contributed by atoms with Crippen molar-refractivity contribution in [1.29, 1.82) is 0 Å². The summed E-state index contributed by atoms with van der Waals surface area (Å²) in [6.07, 6.45) is 5.28. The first-order valence-corrected chi connectivity index (χ1v) is 10.3. The lowest BCUT2D eigenvalue weighted by Crippen LogP contribution is -2.44. The van der Waals surface area contributed by atoms with Crippen molar-refractivity contribution in [1.82, 2.24) is 9.62 Å². The van der Waals surface area contributed by atoms with Crippen molar-refractivity contribution < 1.29 is 8.42 Å². The first-order valence-electron chi connectivity index (χ1n) is 8.85. The van der Waals surface area contributed by atoms with E-state index >= 15 is 0 Å². The number of nitrogens with zero attached hydrogens (tertiary/aromatic N) is 2. The number of hydrogen-bond acceptors (Lipinski definition) is 4. The topological polar surface area (TPSA) is 64.7 Å². The summed E-state index contributed by atoms with van der Waals surface area (Å²) in [5.74, 6) is 0. The van der Waals surface area contributed by atoms with Gasteiger partial charge in [0.1, 0.15) is 0 Å². The first kappa shape index (κ1) is 17.5. The van der Waals surface area contributed by atoms with Crippen LogP contribution in [0.1, 0.15) is 32.1 Å². The average molecular weight is 353 g/mol. The second-order valence-electron chi connectivity index (χ2n) is 6.90. The minimum atomic E-state index is -3.50. The quantitative estimate of drug-likeness (QED) is 0.851. The van der Waals surface area contributed by atoms with Crippen LogP contribution in [0, 0.1) is 0 Å². The van der Waals surface area contributed by atoms with E-state index in [-0.39, 0.29) is 6.04 Å².